The monoisotopic (exact) mass is 272 g/mol. The van der Waals surface area contributed by atoms with Gasteiger partial charge >= 0.3 is 5.97 Å². The number of aromatic nitrogens is 1. The van der Waals surface area contributed by atoms with Crippen LogP contribution in [0.3, 0.4) is 0 Å². The summed E-state index contributed by atoms with van der Waals surface area (Å²) in [6.07, 6.45) is 1.78. The van der Waals surface area contributed by atoms with Gasteiger partial charge in [0.1, 0.15) is 11.2 Å². The third kappa shape index (κ3) is 5.79. The third-order valence-electron chi connectivity index (χ3n) is 1.56. The van der Waals surface area contributed by atoms with Crippen molar-refractivity contribution >= 4 is 42.4 Å². The molecule has 0 amide bonds. The lowest BCUT2D eigenvalue weighted by Crippen LogP contribution is -2.32. The van der Waals surface area contributed by atoms with Crippen molar-refractivity contribution in [1.29, 1.82) is 0 Å². The van der Waals surface area contributed by atoms with Crippen LogP contribution in [-0.2, 0) is 11.2 Å². The molecule has 0 fully saturated rings. The van der Waals surface area contributed by atoms with Crippen molar-refractivity contribution < 1.29 is 9.90 Å². The second-order valence-electron chi connectivity index (χ2n) is 2.64. The molecule has 1 heterocycles. The number of halogens is 3. The zero-order valence-electron chi connectivity index (χ0n) is 7.59. The van der Waals surface area contributed by atoms with Crippen molar-refractivity contribution in [3.63, 3.8) is 0 Å². The third-order valence-corrected chi connectivity index (χ3v) is 1.79. The van der Waals surface area contributed by atoms with Gasteiger partial charge in [0.25, 0.3) is 0 Å². The second kappa shape index (κ2) is 7.70. The quantitative estimate of drug-likeness (QED) is 0.819. The van der Waals surface area contributed by atoms with Gasteiger partial charge in [-0.25, -0.2) is 4.98 Å². The molecule has 0 aliphatic heterocycles. The van der Waals surface area contributed by atoms with Crippen LogP contribution >= 0.6 is 36.4 Å². The Kier molecular flexibility index (Phi) is 8.66. The van der Waals surface area contributed by atoms with E-state index in [9.17, 15) is 4.79 Å². The van der Waals surface area contributed by atoms with Crippen LogP contribution in [-0.4, -0.2) is 22.1 Å². The molecule has 3 N–H and O–H groups in total. The van der Waals surface area contributed by atoms with Crippen LogP contribution in [0.25, 0.3) is 0 Å². The van der Waals surface area contributed by atoms with E-state index in [0.29, 0.717) is 5.15 Å². The Morgan fingerprint density at radius 3 is 2.53 bits per heavy atom. The van der Waals surface area contributed by atoms with Gasteiger partial charge in [0.05, 0.1) is 0 Å². The summed E-state index contributed by atoms with van der Waals surface area (Å²) in [6, 6.07) is 2.42. The maximum absolute atomic E-state index is 10.4. The predicted molar refractivity (Wildman–Crippen MR) is 63.1 cm³/mol. The lowest BCUT2D eigenvalue weighted by molar-refractivity contribution is -0.138. The summed E-state index contributed by atoms with van der Waals surface area (Å²) in [4.78, 5) is 14.2. The number of hydrogen-bond acceptors (Lipinski definition) is 3. The summed E-state index contributed by atoms with van der Waals surface area (Å²) in [5, 5.41) is 8.91. The zero-order chi connectivity index (χ0) is 9.84. The Balaban J connectivity index is 0. The average Bonchev–Trinajstić information content (AvgIpc) is 2.08. The molecule has 0 unspecified atom stereocenters. The molecular weight excluding hydrogens is 262 g/mol. The van der Waals surface area contributed by atoms with Crippen molar-refractivity contribution in [2.75, 3.05) is 0 Å². The number of aliphatic carboxylic acids is 1. The van der Waals surface area contributed by atoms with E-state index in [1.165, 1.54) is 6.20 Å². The van der Waals surface area contributed by atoms with Gasteiger partial charge < -0.3 is 10.8 Å². The van der Waals surface area contributed by atoms with Crippen molar-refractivity contribution in [3.05, 3.63) is 29.0 Å². The summed E-state index contributed by atoms with van der Waals surface area (Å²) >= 11 is 5.55. The molecule has 4 nitrogen and oxygen atoms in total. The first-order chi connectivity index (χ1) is 6.09. The first-order valence-electron chi connectivity index (χ1n) is 3.68. The Bertz CT molecular complexity index is 305. The number of pyridine rings is 1. The molecule has 1 rings (SSSR count). The van der Waals surface area contributed by atoms with Crippen molar-refractivity contribution in [3.8, 4) is 0 Å². The molecule has 0 bridgehead atoms. The fourth-order valence-electron chi connectivity index (χ4n) is 0.868. The minimum atomic E-state index is -1.02. The second-order valence-corrected chi connectivity index (χ2v) is 3.03. The van der Waals surface area contributed by atoms with Gasteiger partial charge in [-0.1, -0.05) is 17.7 Å². The van der Waals surface area contributed by atoms with Crippen LogP contribution in [0.2, 0.25) is 5.15 Å². The number of carboxylic acid groups (broad SMARTS) is 1. The minimum Gasteiger partial charge on any atom is -0.480 e. The topological polar surface area (TPSA) is 76.2 Å². The maximum Gasteiger partial charge on any atom is 0.320 e. The van der Waals surface area contributed by atoms with Crippen molar-refractivity contribution in [2.45, 2.75) is 12.5 Å². The highest BCUT2D eigenvalue weighted by molar-refractivity contribution is 6.29. The molecule has 0 aliphatic carbocycles. The number of nitrogens with two attached hydrogens (primary N) is 1. The van der Waals surface area contributed by atoms with E-state index in [1.807, 2.05) is 0 Å². The zero-order valence-corrected chi connectivity index (χ0v) is 9.98. The van der Waals surface area contributed by atoms with E-state index in [-0.39, 0.29) is 31.2 Å². The van der Waals surface area contributed by atoms with E-state index in [0.717, 1.165) is 5.56 Å². The molecule has 1 aromatic heterocycles. The summed E-state index contributed by atoms with van der Waals surface area (Å²) in [5.41, 5.74) is 6.09. The van der Waals surface area contributed by atoms with Crippen molar-refractivity contribution in [2.24, 2.45) is 5.73 Å². The molecule has 0 saturated carbocycles. The highest BCUT2D eigenvalue weighted by Crippen LogP contribution is 2.06. The number of nitrogens with zero attached hydrogens (tertiary/aromatic N) is 1. The predicted octanol–water partition coefficient (Wildman–Crippen LogP) is 1.53. The largest absolute Gasteiger partial charge is 0.480 e. The Morgan fingerprint density at radius 1 is 1.53 bits per heavy atom. The maximum atomic E-state index is 10.4. The number of carboxylic acids is 1. The van der Waals surface area contributed by atoms with Crippen LogP contribution in [0.4, 0.5) is 0 Å². The molecule has 7 heteroatoms. The number of carbonyl (C=O) groups is 1. The van der Waals surface area contributed by atoms with Gasteiger partial charge in [0.15, 0.2) is 0 Å². The normalized spacial score (nSPS) is 10.8. The molecule has 86 valence electrons. The molecule has 1 atom stereocenters. The first-order valence-corrected chi connectivity index (χ1v) is 4.06. The van der Waals surface area contributed by atoms with Crippen LogP contribution in [0.15, 0.2) is 18.3 Å². The van der Waals surface area contributed by atoms with E-state index < -0.39 is 12.0 Å². The summed E-state index contributed by atoms with van der Waals surface area (Å²) in [5.74, 6) is -1.02. The van der Waals surface area contributed by atoms with Gasteiger partial charge in [-0.3, -0.25) is 4.79 Å². The van der Waals surface area contributed by atoms with E-state index in [2.05, 4.69) is 4.98 Å². The van der Waals surface area contributed by atoms with Crippen molar-refractivity contribution in [1.82, 2.24) is 4.98 Å². The van der Waals surface area contributed by atoms with E-state index >= 15 is 0 Å². The molecular formula is C8H11Cl3N2O2. The van der Waals surface area contributed by atoms with Crippen LogP contribution in [0, 0.1) is 0 Å². The Hall–Kier alpha value is -0.550. The lowest BCUT2D eigenvalue weighted by Gasteiger charge is -2.05. The average molecular weight is 274 g/mol. The van der Waals surface area contributed by atoms with Gasteiger partial charge in [-0.15, -0.1) is 24.8 Å². The molecule has 0 aliphatic rings. The highest BCUT2D eigenvalue weighted by Gasteiger charge is 2.11. The summed E-state index contributed by atoms with van der Waals surface area (Å²) < 4.78 is 0. The molecule has 0 radical (unpaired) electrons. The molecule has 0 saturated heterocycles. The Labute approximate surface area is 105 Å². The standard InChI is InChI=1S/C8H9ClN2O2.2ClH/c9-7-2-1-5(4-11-7)3-6(10)8(12)13;;/h1-2,4,6H,3,10H2,(H,12,13);2*1H/t6-;;/m0../s1. The highest BCUT2D eigenvalue weighted by atomic mass is 35.5. The minimum absolute atomic E-state index is 0. The number of hydrogen-bond donors (Lipinski definition) is 2. The van der Waals surface area contributed by atoms with Gasteiger partial charge in [-0.05, 0) is 18.1 Å². The Morgan fingerprint density at radius 2 is 2.13 bits per heavy atom. The SMILES string of the molecule is Cl.Cl.N[C@@H](Cc1ccc(Cl)nc1)C(=O)O. The van der Waals surface area contributed by atoms with Gasteiger partial charge in [-0.2, -0.15) is 0 Å². The molecule has 0 aromatic carbocycles. The number of rotatable bonds is 3. The van der Waals surface area contributed by atoms with Crippen LogP contribution < -0.4 is 5.73 Å². The fraction of sp³-hybridized carbons (Fsp3) is 0.250. The first kappa shape index (κ1) is 16.9. The van der Waals surface area contributed by atoms with E-state index in [4.69, 9.17) is 22.4 Å². The lowest BCUT2D eigenvalue weighted by atomic mass is 10.1. The van der Waals surface area contributed by atoms with Gasteiger partial charge in [0, 0.05) is 6.20 Å². The smallest absolute Gasteiger partial charge is 0.320 e. The van der Waals surface area contributed by atoms with Gasteiger partial charge in [0.2, 0.25) is 0 Å². The van der Waals surface area contributed by atoms with Crippen LogP contribution in [0.1, 0.15) is 5.56 Å². The van der Waals surface area contributed by atoms with E-state index in [1.54, 1.807) is 12.1 Å². The summed E-state index contributed by atoms with van der Waals surface area (Å²) in [7, 11) is 0. The molecule has 0 spiro atoms. The molecule has 1 aromatic rings. The van der Waals surface area contributed by atoms with Crippen LogP contribution in [0.5, 0.6) is 0 Å². The fourth-order valence-corrected chi connectivity index (χ4v) is 0.980. The summed E-state index contributed by atoms with van der Waals surface area (Å²) in [6.45, 7) is 0. The molecule has 15 heavy (non-hydrogen) atoms.